The van der Waals surface area contributed by atoms with Gasteiger partial charge in [-0.15, -0.1) is 0 Å². The number of allylic oxidation sites excluding steroid dienone is 3. The lowest BCUT2D eigenvalue weighted by Gasteiger charge is -2.24. The Kier molecular flexibility index (Phi) is 4.24. The van der Waals surface area contributed by atoms with Crippen molar-refractivity contribution in [3.63, 3.8) is 0 Å². The molecule has 0 aromatic carbocycles. The van der Waals surface area contributed by atoms with Gasteiger partial charge in [0.15, 0.2) is 5.76 Å². The van der Waals surface area contributed by atoms with Crippen molar-refractivity contribution >= 4 is 11.7 Å². The van der Waals surface area contributed by atoms with Crippen LogP contribution in [-0.4, -0.2) is 25.4 Å². The first-order valence-corrected chi connectivity index (χ1v) is 6.61. The topological polar surface area (TPSA) is 85.4 Å². The third kappa shape index (κ3) is 2.97. The molecule has 0 aromatic heterocycles. The van der Waals surface area contributed by atoms with Crippen molar-refractivity contribution in [3.05, 3.63) is 23.1 Å². The Morgan fingerprint density at radius 1 is 1.53 bits per heavy atom. The summed E-state index contributed by atoms with van der Waals surface area (Å²) >= 11 is 0. The van der Waals surface area contributed by atoms with Crippen molar-refractivity contribution in [2.24, 2.45) is 11.7 Å². The van der Waals surface area contributed by atoms with Crippen LogP contribution in [0.25, 0.3) is 0 Å². The van der Waals surface area contributed by atoms with E-state index in [9.17, 15) is 4.79 Å². The molecular weight excluding hydrogens is 244 g/mol. The van der Waals surface area contributed by atoms with E-state index >= 15 is 0 Å². The van der Waals surface area contributed by atoms with Crippen LogP contribution in [0.15, 0.2) is 23.1 Å². The third-order valence-corrected chi connectivity index (χ3v) is 3.62. The van der Waals surface area contributed by atoms with Gasteiger partial charge in [-0.2, -0.15) is 0 Å². The van der Waals surface area contributed by atoms with Gasteiger partial charge in [0.25, 0.3) is 0 Å². The van der Waals surface area contributed by atoms with Crippen molar-refractivity contribution in [2.75, 3.05) is 13.7 Å². The zero-order chi connectivity index (χ0) is 13.8. The van der Waals surface area contributed by atoms with E-state index in [2.05, 4.69) is 0 Å². The molecule has 0 radical (unpaired) electrons. The average molecular weight is 264 g/mol. The number of hydrogen-bond acceptors (Lipinski definition) is 5. The molecule has 0 saturated heterocycles. The predicted molar refractivity (Wildman–Crippen MR) is 71.6 cm³/mol. The van der Waals surface area contributed by atoms with Crippen molar-refractivity contribution in [1.82, 2.24) is 0 Å². The van der Waals surface area contributed by atoms with E-state index in [1.165, 1.54) is 7.11 Å². The molecule has 0 spiro atoms. The van der Waals surface area contributed by atoms with Crippen LogP contribution >= 0.6 is 0 Å². The number of methoxy groups -OCH3 is 1. The molecule has 5 nitrogen and oxygen atoms in total. The molecule has 3 N–H and O–H groups in total. The molecular formula is C14H20N2O3. The Morgan fingerprint density at radius 3 is 2.89 bits per heavy atom. The van der Waals surface area contributed by atoms with Gasteiger partial charge in [0.1, 0.15) is 5.71 Å². The average Bonchev–Trinajstić information content (AvgIpc) is 2.46. The standard InChI is InChI=1S/C14H20N2O3/c1-18-14(17)10-6-4-9(5-7-10)12(16)13-11(15)3-2-8-19-13/h4,10,16H,2-3,5-8,15H2,1H3. The summed E-state index contributed by atoms with van der Waals surface area (Å²) in [4.78, 5) is 11.4. The highest BCUT2D eigenvalue weighted by Gasteiger charge is 2.26. The molecule has 1 heterocycles. The first-order valence-electron chi connectivity index (χ1n) is 6.61. The maximum Gasteiger partial charge on any atom is 0.308 e. The Labute approximate surface area is 113 Å². The number of nitrogens with one attached hydrogen (secondary N) is 1. The summed E-state index contributed by atoms with van der Waals surface area (Å²) in [5.41, 5.74) is 7.85. The zero-order valence-corrected chi connectivity index (χ0v) is 11.2. The van der Waals surface area contributed by atoms with E-state index < -0.39 is 0 Å². The summed E-state index contributed by atoms with van der Waals surface area (Å²) in [6.45, 7) is 0.622. The third-order valence-electron chi connectivity index (χ3n) is 3.62. The molecule has 2 aliphatic rings. The van der Waals surface area contributed by atoms with Gasteiger partial charge in [0, 0.05) is 0 Å². The van der Waals surface area contributed by atoms with Crippen molar-refractivity contribution < 1.29 is 14.3 Å². The van der Waals surface area contributed by atoms with Crippen LogP contribution in [0.1, 0.15) is 32.1 Å². The number of carbonyl (C=O) groups is 1. The lowest BCUT2D eigenvalue weighted by atomic mass is 9.87. The number of ether oxygens (including phenoxy) is 2. The molecule has 5 heteroatoms. The number of esters is 1. The molecule has 2 rings (SSSR count). The van der Waals surface area contributed by atoms with Crippen LogP contribution in [0.3, 0.4) is 0 Å². The Balaban J connectivity index is 2.06. The minimum absolute atomic E-state index is 0.0832. The zero-order valence-electron chi connectivity index (χ0n) is 11.2. The molecule has 19 heavy (non-hydrogen) atoms. The largest absolute Gasteiger partial charge is 0.490 e. The SMILES string of the molecule is COC(=O)C1CC=C(C(=N)C2=C(N)CCCO2)CC1. The van der Waals surface area contributed by atoms with Crippen molar-refractivity contribution in [2.45, 2.75) is 32.1 Å². The number of rotatable bonds is 3. The highest BCUT2D eigenvalue weighted by Crippen LogP contribution is 2.28. The van der Waals surface area contributed by atoms with Crippen LogP contribution in [0, 0.1) is 11.3 Å². The number of nitrogens with two attached hydrogens (primary N) is 1. The summed E-state index contributed by atoms with van der Waals surface area (Å²) in [5, 5.41) is 8.18. The van der Waals surface area contributed by atoms with Gasteiger partial charge in [0.2, 0.25) is 0 Å². The predicted octanol–water partition coefficient (Wildman–Crippen LogP) is 1.89. The molecule has 1 aliphatic carbocycles. The fourth-order valence-corrected chi connectivity index (χ4v) is 2.46. The van der Waals surface area contributed by atoms with E-state index in [1.807, 2.05) is 6.08 Å². The first kappa shape index (κ1) is 13.6. The Hall–Kier alpha value is -1.78. The van der Waals surface area contributed by atoms with Crippen LogP contribution in [0.5, 0.6) is 0 Å². The van der Waals surface area contributed by atoms with E-state index in [0.717, 1.165) is 18.4 Å². The second kappa shape index (κ2) is 5.91. The lowest BCUT2D eigenvalue weighted by molar-refractivity contribution is -0.145. The summed E-state index contributed by atoms with van der Waals surface area (Å²) in [7, 11) is 1.41. The summed E-state index contributed by atoms with van der Waals surface area (Å²) in [6.07, 6.45) is 5.66. The highest BCUT2D eigenvalue weighted by atomic mass is 16.5. The number of carbonyl (C=O) groups excluding carboxylic acids is 1. The Morgan fingerprint density at radius 2 is 2.32 bits per heavy atom. The molecule has 1 aliphatic heterocycles. The fraction of sp³-hybridized carbons (Fsp3) is 0.571. The smallest absolute Gasteiger partial charge is 0.308 e. The second-order valence-corrected chi connectivity index (χ2v) is 4.91. The van der Waals surface area contributed by atoms with Gasteiger partial charge in [-0.3, -0.25) is 10.2 Å². The first-order chi connectivity index (χ1) is 9.13. The molecule has 0 bridgehead atoms. The van der Waals surface area contributed by atoms with Crippen LogP contribution in [0.4, 0.5) is 0 Å². The van der Waals surface area contributed by atoms with Crippen LogP contribution in [0.2, 0.25) is 0 Å². The fourth-order valence-electron chi connectivity index (χ4n) is 2.46. The molecule has 104 valence electrons. The Bertz CT molecular complexity index is 452. The lowest BCUT2D eigenvalue weighted by Crippen LogP contribution is -2.23. The van der Waals surface area contributed by atoms with Crippen molar-refractivity contribution in [3.8, 4) is 0 Å². The molecule has 1 atom stereocenters. The molecule has 0 saturated carbocycles. The van der Waals surface area contributed by atoms with Gasteiger partial charge in [-0.1, -0.05) is 6.08 Å². The highest BCUT2D eigenvalue weighted by molar-refractivity contribution is 6.09. The van der Waals surface area contributed by atoms with Gasteiger partial charge in [-0.05, 0) is 37.7 Å². The quantitative estimate of drug-likeness (QED) is 0.602. The normalized spacial score (nSPS) is 23.4. The molecule has 0 fully saturated rings. The number of hydrogen-bond donors (Lipinski definition) is 2. The summed E-state index contributed by atoms with van der Waals surface area (Å²) in [5.74, 6) is 0.267. The van der Waals surface area contributed by atoms with E-state index in [0.29, 0.717) is 43.0 Å². The molecule has 0 amide bonds. The van der Waals surface area contributed by atoms with E-state index in [-0.39, 0.29) is 11.9 Å². The monoisotopic (exact) mass is 264 g/mol. The van der Waals surface area contributed by atoms with E-state index in [4.69, 9.17) is 20.6 Å². The maximum atomic E-state index is 11.4. The van der Waals surface area contributed by atoms with Gasteiger partial charge >= 0.3 is 5.97 Å². The van der Waals surface area contributed by atoms with Gasteiger partial charge in [-0.25, -0.2) is 0 Å². The van der Waals surface area contributed by atoms with Crippen LogP contribution < -0.4 is 5.73 Å². The van der Waals surface area contributed by atoms with Gasteiger partial charge < -0.3 is 15.2 Å². The summed E-state index contributed by atoms with van der Waals surface area (Å²) < 4.78 is 10.2. The van der Waals surface area contributed by atoms with Crippen molar-refractivity contribution in [1.29, 1.82) is 5.41 Å². The maximum absolute atomic E-state index is 11.4. The van der Waals surface area contributed by atoms with Crippen LogP contribution in [-0.2, 0) is 14.3 Å². The molecule has 0 aromatic rings. The second-order valence-electron chi connectivity index (χ2n) is 4.91. The van der Waals surface area contributed by atoms with Gasteiger partial charge in [0.05, 0.1) is 25.3 Å². The minimum Gasteiger partial charge on any atom is -0.490 e. The van der Waals surface area contributed by atoms with E-state index in [1.54, 1.807) is 0 Å². The minimum atomic E-state index is -0.172. The summed E-state index contributed by atoms with van der Waals surface area (Å²) in [6, 6.07) is 0. The molecule has 1 unspecified atom stereocenters.